The zero-order valence-corrected chi connectivity index (χ0v) is 14.5. The summed E-state index contributed by atoms with van der Waals surface area (Å²) in [5.74, 6) is 0.257. The highest BCUT2D eigenvalue weighted by Gasteiger charge is 2.11. The van der Waals surface area contributed by atoms with Gasteiger partial charge in [-0.1, -0.05) is 36.5 Å². The Labute approximate surface area is 145 Å². The summed E-state index contributed by atoms with van der Waals surface area (Å²) in [6.07, 6.45) is 5.16. The minimum absolute atomic E-state index is 0.336. The van der Waals surface area contributed by atoms with E-state index in [1.807, 2.05) is 11.9 Å². The summed E-state index contributed by atoms with van der Waals surface area (Å²) in [6, 6.07) is 4.88. The highest BCUT2D eigenvalue weighted by atomic mass is 35.5. The first-order chi connectivity index (χ1) is 11.0. The van der Waals surface area contributed by atoms with Crippen LogP contribution in [-0.2, 0) is 0 Å². The number of carbonyl (C=O) groups is 1. The van der Waals surface area contributed by atoms with E-state index >= 15 is 0 Å². The van der Waals surface area contributed by atoms with Crippen molar-refractivity contribution in [2.75, 3.05) is 23.8 Å². The Morgan fingerprint density at radius 3 is 2.61 bits per heavy atom. The molecule has 0 unspecified atom stereocenters. The van der Waals surface area contributed by atoms with Crippen LogP contribution in [0, 0.1) is 0 Å². The zero-order valence-electron chi connectivity index (χ0n) is 13.0. The molecule has 0 bridgehead atoms. The van der Waals surface area contributed by atoms with Crippen LogP contribution in [0.25, 0.3) is 0 Å². The number of aromatic nitrogens is 2. The van der Waals surface area contributed by atoms with Crippen LogP contribution in [0.15, 0.2) is 30.6 Å². The lowest BCUT2D eigenvalue weighted by atomic mass is 10.2. The second kappa shape index (κ2) is 8.13. The number of unbranched alkanes of at least 4 members (excludes halogenated alkanes) is 1. The number of hydrogen-bond acceptors (Lipinski definition) is 4. The Bertz CT molecular complexity index is 676. The molecule has 0 atom stereocenters. The highest BCUT2D eigenvalue weighted by Crippen LogP contribution is 2.25. The zero-order chi connectivity index (χ0) is 16.8. The maximum Gasteiger partial charge on any atom is 0.258 e. The maximum atomic E-state index is 12.2. The van der Waals surface area contributed by atoms with Crippen molar-refractivity contribution in [3.8, 4) is 0 Å². The number of anilines is 2. The third-order valence-corrected chi connectivity index (χ3v) is 3.83. The first-order valence-corrected chi connectivity index (χ1v) is 8.06. The molecule has 0 saturated heterocycles. The Morgan fingerprint density at radius 2 is 1.96 bits per heavy atom. The number of nitrogens with zero attached hydrogens (tertiary/aromatic N) is 3. The predicted molar refractivity (Wildman–Crippen MR) is 94.6 cm³/mol. The number of hydrogen-bond donors (Lipinski definition) is 1. The van der Waals surface area contributed by atoms with Gasteiger partial charge in [0.2, 0.25) is 5.95 Å². The SMILES string of the molecule is CCCCN(C)c1ncc(C(=O)Nc2cc(Cl)ccc2Cl)cn1. The predicted octanol–water partition coefficient (Wildman–Crippen LogP) is 4.27. The summed E-state index contributed by atoms with van der Waals surface area (Å²) in [7, 11) is 1.93. The molecule has 122 valence electrons. The third-order valence-electron chi connectivity index (χ3n) is 3.27. The second-order valence-corrected chi connectivity index (χ2v) is 5.97. The summed E-state index contributed by atoms with van der Waals surface area (Å²) in [5.41, 5.74) is 0.807. The van der Waals surface area contributed by atoms with E-state index in [1.54, 1.807) is 18.2 Å². The number of carbonyl (C=O) groups excluding carboxylic acids is 1. The second-order valence-electron chi connectivity index (χ2n) is 5.13. The van der Waals surface area contributed by atoms with Crippen LogP contribution < -0.4 is 10.2 Å². The molecule has 7 heteroatoms. The Kier molecular flexibility index (Phi) is 6.19. The van der Waals surface area contributed by atoms with Crippen LogP contribution >= 0.6 is 23.2 Å². The molecule has 1 heterocycles. The molecule has 0 fully saturated rings. The van der Waals surface area contributed by atoms with Crippen LogP contribution in [0.3, 0.4) is 0 Å². The number of halogens is 2. The number of benzene rings is 1. The molecule has 0 radical (unpaired) electrons. The van der Waals surface area contributed by atoms with Crippen molar-refractivity contribution in [1.82, 2.24) is 9.97 Å². The standard InChI is InChI=1S/C16H18Cl2N4O/c1-3-4-7-22(2)16-19-9-11(10-20-16)15(23)21-14-8-12(17)5-6-13(14)18/h5-6,8-10H,3-4,7H2,1-2H3,(H,21,23). The van der Waals surface area contributed by atoms with Gasteiger partial charge in [0.15, 0.2) is 0 Å². The van der Waals surface area contributed by atoms with Crippen LogP contribution in [0.4, 0.5) is 11.6 Å². The number of amides is 1. The minimum Gasteiger partial charge on any atom is -0.344 e. The van der Waals surface area contributed by atoms with Gasteiger partial charge in [-0.2, -0.15) is 0 Å². The average molecular weight is 353 g/mol. The van der Waals surface area contributed by atoms with E-state index in [9.17, 15) is 4.79 Å². The first kappa shape index (κ1) is 17.5. The Hall–Kier alpha value is -1.85. The normalized spacial score (nSPS) is 10.4. The van der Waals surface area contributed by atoms with Crippen molar-refractivity contribution < 1.29 is 4.79 Å². The summed E-state index contributed by atoms with van der Waals surface area (Å²) >= 11 is 11.9. The van der Waals surface area contributed by atoms with Gasteiger partial charge in [0.05, 0.1) is 16.3 Å². The Balaban J connectivity index is 2.07. The quantitative estimate of drug-likeness (QED) is 0.843. The fourth-order valence-electron chi connectivity index (χ4n) is 1.92. The lowest BCUT2D eigenvalue weighted by Gasteiger charge is -2.16. The lowest BCUT2D eigenvalue weighted by molar-refractivity contribution is 0.102. The van der Waals surface area contributed by atoms with Gasteiger partial charge in [0, 0.05) is 31.0 Å². The molecule has 0 saturated carbocycles. The molecule has 2 rings (SSSR count). The molecular formula is C16H18Cl2N4O. The minimum atomic E-state index is -0.336. The van der Waals surface area contributed by atoms with Gasteiger partial charge in [0.1, 0.15) is 0 Å². The molecule has 23 heavy (non-hydrogen) atoms. The molecule has 1 aromatic carbocycles. The van der Waals surface area contributed by atoms with Gasteiger partial charge >= 0.3 is 0 Å². The van der Waals surface area contributed by atoms with Crippen LogP contribution in [0.1, 0.15) is 30.1 Å². The van der Waals surface area contributed by atoms with E-state index < -0.39 is 0 Å². The summed E-state index contributed by atoms with van der Waals surface area (Å²) in [4.78, 5) is 22.6. The summed E-state index contributed by atoms with van der Waals surface area (Å²) < 4.78 is 0. The molecule has 1 amide bonds. The molecule has 0 aliphatic heterocycles. The highest BCUT2D eigenvalue weighted by molar-refractivity contribution is 6.35. The van der Waals surface area contributed by atoms with E-state index in [0.717, 1.165) is 19.4 Å². The summed E-state index contributed by atoms with van der Waals surface area (Å²) in [6.45, 7) is 3.00. The smallest absolute Gasteiger partial charge is 0.258 e. The molecule has 0 aliphatic rings. The van der Waals surface area contributed by atoms with E-state index in [0.29, 0.717) is 27.2 Å². The molecule has 1 aromatic heterocycles. The largest absolute Gasteiger partial charge is 0.344 e. The van der Waals surface area contributed by atoms with Crippen molar-refractivity contribution >= 4 is 40.7 Å². The van der Waals surface area contributed by atoms with Crippen molar-refractivity contribution in [3.05, 3.63) is 46.2 Å². The Morgan fingerprint density at radius 1 is 1.26 bits per heavy atom. The maximum absolute atomic E-state index is 12.2. The molecule has 5 nitrogen and oxygen atoms in total. The lowest BCUT2D eigenvalue weighted by Crippen LogP contribution is -2.21. The molecular weight excluding hydrogens is 335 g/mol. The monoisotopic (exact) mass is 352 g/mol. The third kappa shape index (κ3) is 4.81. The topological polar surface area (TPSA) is 58.1 Å². The first-order valence-electron chi connectivity index (χ1n) is 7.31. The van der Waals surface area contributed by atoms with Crippen LogP contribution in [0.5, 0.6) is 0 Å². The van der Waals surface area contributed by atoms with Crippen molar-refractivity contribution in [2.24, 2.45) is 0 Å². The van der Waals surface area contributed by atoms with E-state index in [-0.39, 0.29) is 5.91 Å². The summed E-state index contributed by atoms with van der Waals surface area (Å²) in [5, 5.41) is 3.61. The molecule has 1 N–H and O–H groups in total. The van der Waals surface area contributed by atoms with E-state index in [2.05, 4.69) is 22.2 Å². The van der Waals surface area contributed by atoms with Gasteiger partial charge in [-0.25, -0.2) is 9.97 Å². The van der Waals surface area contributed by atoms with Crippen molar-refractivity contribution in [1.29, 1.82) is 0 Å². The number of nitrogens with one attached hydrogen (secondary N) is 1. The van der Waals surface area contributed by atoms with Crippen molar-refractivity contribution in [2.45, 2.75) is 19.8 Å². The van der Waals surface area contributed by atoms with Gasteiger partial charge in [-0.05, 0) is 24.6 Å². The molecule has 0 aliphatic carbocycles. The van der Waals surface area contributed by atoms with Crippen LogP contribution in [0.2, 0.25) is 10.0 Å². The van der Waals surface area contributed by atoms with Crippen molar-refractivity contribution in [3.63, 3.8) is 0 Å². The molecule has 0 spiro atoms. The van der Waals surface area contributed by atoms with Gasteiger partial charge in [-0.3, -0.25) is 4.79 Å². The van der Waals surface area contributed by atoms with E-state index in [4.69, 9.17) is 23.2 Å². The van der Waals surface area contributed by atoms with E-state index in [1.165, 1.54) is 12.4 Å². The molecule has 2 aromatic rings. The van der Waals surface area contributed by atoms with Crippen LogP contribution in [-0.4, -0.2) is 29.5 Å². The fourth-order valence-corrected chi connectivity index (χ4v) is 2.26. The average Bonchev–Trinajstić information content (AvgIpc) is 2.56. The fraction of sp³-hybridized carbons (Fsp3) is 0.312. The van der Waals surface area contributed by atoms with Gasteiger partial charge in [-0.15, -0.1) is 0 Å². The van der Waals surface area contributed by atoms with Gasteiger partial charge in [0.25, 0.3) is 5.91 Å². The van der Waals surface area contributed by atoms with Gasteiger partial charge < -0.3 is 10.2 Å². The number of rotatable bonds is 6.